The monoisotopic (exact) mass is 377 g/mol. The Morgan fingerprint density at radius 2 is 1.25 bits per heavy atom. The van der Waals surface area contributed by atoms with Crippen LogP contribution in [0, 0.1) is 0 Å². The van der Waals surface area contributed by atoms with Crippen LogP contribution in [-0.2, 0) is 0 Å². The number of amides is 2. The summed E-state index contributed by atoms with van der Waals surface area (Å²) >= 11 is 0. The quantitative estimate of drug-likeness (QED) is 0.685. The molecule has 28 heavy (non-hydrogen) atoms. The van der Waals surface area contributed by atoms with Crippen LogP contribution >= 0.6 is 0 Å². The molecule has 0 unspecified atom stereocenters. The second-order valence-corrected chi connectivity index (χ2v) is 5.80. The van der Waals surface area contributed by atoms with Gasteiger partial charge in [-0.3, -0.25) is 14.6 Å². The van der Waals surface area contributed by atoms with Gasteiger partial charge in [-0.15, -0.1) is 0 Å². The van der Waals surface area contributed by atoms with Gasteiger partial charge in [0.25, 0.3) is 11.8 Å². The zero-order valence-electron chi connectivity index (χ0n) is 15.4. The van der Waals surface area contributed by atoms with E-state index < -0.39 is 5.91 Å². The molecule has 3 rings (SSSR count). The Balaban J connectivity index is 1.69. The lowest BCUT2D eigenvalue weighted by atomic mass is 10.2. The lowest BCUT2D eigenvalue weighted by Crippen LogP contribution is -2.17. The maximum Gasteiger partial charge on any atom is 0.274 e. The van der Waals surface area contributed by atoms with E-state index in [1.165, 1.54) is 12.3 Å². The van der Waals surface area contributed by atoms with Crippen LogP contribution in [-0.4, -0.2) is 31.0 Å². The maximum atomic E-state index is 12.5. The van der Waals surface area contributed by atoms with E-state index in [-0.39, 0.29) is 11.6 Å². The average molecular weight is 377 g/mol. The second-order valence-electron chi connectivity index (χ2n) is 5.80. The van der Waals surface area contributed by atoms with Gasteiger partial charge in [-0.1, -0.05) is 0 Å². The van der Waals surface area contributed by atoms with Gasteiger partial charge in [0.1, 0.15) is 17.2 Å². The number of ether oxygens (including phenoxy) is 2. The molecule has 0 radical (unpaired) electrons. The van der Waals surface area contributed by atoms with Crippen LogP contribution in [0.2, 0.25) is 0 Å². The third-order valence-corrected chi connectivity index (χ3v) is 3.95. The van der Waals surface area contributed by atoms with Crippen molar-refractivity contribution in [2.45, 2.75) is 0 Å². The Labute approximate surface area is 162 Å². The zero-order chi connectivity index (χ0) is 19.9. The molecule has 3 aromatic rings. The van der Waals surface area contributed by atoms with Crippen LogP contribution in [0.25, 0.3) is 0 Å². The highest BCUT2D eigenvalue weighted by atomic mass is 16.5. The van der Waals surface area contributed by atoms with Crippen molar-refractivity contribution in [1.82, 2.24) is 4.98 Å². The molecule has 0 aliphatic heterocycles. The Hall–Kier alpha value is -3.87. The molecule has 7 nitrogen and oxygen atoms in total. The maximum absolute atomic E-state index is 12.5. The topological polar surface area (TPSA) is 89.5 Å². The number of nitrogens with zero attached hydrogens (tertiary/aromatic N) is 1. The van der Waals surface area contributed by atoms with Crippen molar-refractivity contribution in [2.75, 3.05) is 24.9 Å². The number of methoxy groups -OCH3 is 2. The lowest BCUT2D eigenvalue weighted by molar-refractivity contribution is 0.102. The first-order valence-corrected chi connectivity index (χ1v) is 8.46. The Morgan fingerprint density at radius 3 is 1.75 bits per heavy atom. The van der Waals surface area contributed by atoms with Gasteiger partial charge in [-0.2, -0.15) is 0 Å². The number of hydrogen-bond acceptors (Lipinski definition) is 5. The number of nitrogens with one attached hydrogen (secondary N) is 2. The predicted molar refractivity (Wildman–Crippen MR) is 106 cm³/mol. The molecule has 0 atom stereocenters. The van der Waals surface area contributed by atoms with E-state index in [4.69, 9.17) is 9.47 Å². The first-order chi connectivity index (χ1) is 13.6. The number of carbonyl (C=O) groups is 2. The van der Waals surface area contributed by atoms with E-state index in [0.717, 1.165) is 0 Å². The number of carbonyl (C=O) groups excluding carboxylic acids is 2. The van der Waals surface area contributed by atoms with Crippen molar-refractivity contribution in [3.8, 4) is 11.5 Å². The summed E-state index contributed by atoms with van der Waals surface area (Å²) in [4.78, 5) is 28.9. The SMILES string of the molecule is COc1ccc(NC(=O)c2ccnc(C(=O)Nc3ccc(OC)cc3)c2)cc1. The predicted octanol–water partition coefficient (Wildman–Crippen LogP) is 3.60. The summed E-state index contributed by atoms with van der Waals surface area (Å²) in [6.07, 6.45) is 1.42. The molecule has 0 aliphatic carbocycles. The van der Waals surface area contributed by atoms with Gasteiger partial charge in [0.2, 0.25) is 0 Å². The molecule has 1 aromatic heterocycles. The van der Waals surface area contributed by atoms with Gasteiger partial charge in [0.05, 0.1) is 14.2 Å². The van der Waals surface area contributed by atoms with Gasteiger partial charge in [-0.25, -0.2) is 0 Å². The number of benzene rings is 2. The van der Waals surface area contributed by atoms with Gasteiger partial charge in [0, 0.05) is 23.1 Å². The van der Waals surface area contributed by atoms with Crippen molar-refractivity contribution in [1.29, 1.82) is 0 Å². The van der Waals surface area contributed by atoms with Crippen LogP contribution in [0.5, 0.6) is 11.5 Å². The minimum atomic E-state index is -0.413. The van der Waals surface area contributed by atoms with E-state index in [1.807, 2.05) is 0 Å². The summed E-state index contributed by atoms with van der Waals surface area (Å²) in [7, 11) is 3.14. The number of pyridine rings is 1. The fraction of sp³-hybridized carbons (Fsp3) is 0.0952. The fourth-order valence-electron chi connectivity index (χ4n) is 2.44. The molecule has 0 spiro atoms. The Morgan fingerprint density at radius 1 is 0.750 bits per heavy atom. The van der Waals surface area contributed by atoms with E-state index in [1.54, 1.807) is 68.8 Å². The molecule has 1 heterocycles. The summed E-state index contributed by atoms with van der Waals surface area (Å²) in [5.41, 5.74) is 1.68. The van der Waals surface area contributed by atoms with E-state index in [2.05, 4.69) is 15.6 Å². The fourth-order valence-corrected chi connectivity index (χ4v) is 2.44. The molecule has 142 valence electrons. The first-order valence-electron chi connectivity index (χ1n) is 8.46. The Bertz CT molecular complexity index is 893. The van der Waals surface area contributed by atoms with Crippen molar-refractivity contribution >= 4 is 23.2 Å². The third kappa shape index (κ3) is 4.64. The molecule has 0 saturated carbocycles. The lowest BCUT2D eigenvalue weighted by Gasteiger charge is -2.08. The molecule has 0 fully saturated rings. The van der Waals surface area contributed by atoms with Crippen LogP contribution in [0.15, 0.2) is 66.9 Å². The van der Waals surface area contributed by atoms with E-state index >= 15 is 0 Å². The van der Waals surface area contributed by atoms with Crippen LogP contribution in [0.4, 0.5) is 11.4 Å². The summed E-state index contributed by atoms with van der Waals surface area (Å²) in [5.74, 6) is 0.628. The number of hydrogen-bond donors (Lipinski definition) is 2. The normalized spacial score (nSPS) is 10.1. The van der Waals surface area contributed by atoms with E-state index in [9.17, 15) is 9.59 Å². The van der Waals surface area contributed by atoms with E-state index in [0.29, 0.717) is 28.4 Å². The highest BCUT2D eigenvalue weighted by molar-refractivity contribution is 6.07. The molecular weight excluding hydrogens is 358 g/mol. The van der Waals surface area contributed by atoms with Gasteiger partial charge >= 0.3 is 0 Å². The number of aromatic nitrogens is 1. The van der Waals surface area contributed by atoms with Gasteiger partial charge in [-0.05, 0) is 60.7 Å². The number of rotatable bonds is 6. The third-order valence-electron chi connectivity index (χ3n) is 3.95. The molecule has 2 aromatic carbocycles. The van der Waals surface area contributed by atoms with Gasteiger partial charge in [0.15, 0.2) is 0 Å². The molecule has 2 amide bonds. The van der Waals surface area contributed by atoms with Crippen molar-refractivity contribution in [3.63, 3.8) is 0 Å². The smallest absolute Gasteiger partial charge is 0.274 e. The molecular formula is C21H19N3O4. The van der Waals surface area contributed by atoms with Crippen LogP contribution in [0.3, 0.4) is 0 Å². The second kappa shape index (κ2) is 8.68. The highest BCUT2D eigenvalue weighted by Crippen LogP contribution is 2.17. The van der Waals surface area contributed by atoms with Crippen LogP contribution in [0.1, 0.15) is 20.8 Å². The molecule has 0 aliphatic rings. The standard InChI is InChI=1S/C21H19N3O4/c1-27-17-7-3-15(4-8-17)23-20(25)14-11-12-22-19(13-14)21(26)24-16-5-9-18(28-2)10-6-16/h3-13H,1-2H3,(H,23,25)(H,24,26). The minimum Gasteiger partial charge on any atom is -0.497 e. The molecule has 7 heteroatoms. The minimum absolute atomic E-state index is 0.137. The molecule has 0 saturated heterocycles. The summed E-state index contributed by atoms with van der Waals surface area (Å²) < 4.78 is 10.2. The summed E-state index contributed by atoms with van der Waals surface area (Å²) in [6.45, 7) is 0. The first kappa shape index (κ1) is 18.9. The summed E-state index contributed by atoms with van der Waals surface area (Å²) in [6, 6.07) is 16.9. The molecule has 0 bridgehead atoms. The summed E-state index contributed by atoms with van der Waals surface area (Å²) in [5, 5.41) is 5.51. The van der Waals surface area contributed by atoms with Crippen molar-refractivity contribution in [2.24, 2.45) is 0 Å². The van der Waals surface area contributed by atoms with Gasteiger partial charge < -0.3 is 20.1 Å². The van der Waals surface area contributed by atoms with Crippen molar-refractivity contribution in [3.05, 3.63) is 78.1 Å². The van der Waals surface area contributed by atoms with Crippen LogP contribution < -0.4 is 20.1 Å². The van der Waals surface area contributed by atoms with Crippen molar-refractivity contribution < 1.29 is 19.1 Å². The molecule has 2 N–H and O–H groups in total. The zero-order valence-corrected chi connectivity index (χ0v) is 15.4. The largest absolute Gasteiger partial charge is 0.497 e. The highest BCUT2D eigenvalue weighted by Gasteiger charge is 2.12. The number of anilines is 2. The Kier molecular flexibility index (Phi) is 5.86. The average Bonchev–Trinajstić information content (AvgIpc) is 2.75.